The number of carbonyl (C=O) groups is 2. The molecule has 1 amide bonds. The molecule has 0 unspecified atom stereocenters. The van der Waals surface area contributed by atoms with Gasteiger partial charge in [0.2, 0.25) is 0 Å². The summed E-state index contributed by atoms with van der Waals surface area (Å²) in [5, 5.41) is 13.7. The molecule has 7 nitrogen and oxygen atoms in total. The maximum Gasteiger partial charge on any atom is 0.266 e. The number of aryl methyl sites for hydroxylation is 1. The average Bonchev–Trinajstić information content (AvgIpc) is 3.54. The Morgan fingerprint density at radius 2 is 1.84 bits per heavy atom. The average molecular weight is 528 g/mol. The van der Waals surface area contributed by atoms with E-state index in [1.807, 2.05) is 54.8 Å². The van der Waals surface area contributed by atoms with Crippen LogP contribution in [-0.2, 0) is 11.3 Å². The number of thiophene rings is 1. The number of Topliss-reactive ketones (excluding diaryl/α,β-unsaturated/α-hetero) is 1. The first kappa shape index (κ1) is 26.0. The van der Waals surface area contributed by atoms with Gasteiger partial charge in [0.25, 0.3) is 5.91 Å². The molecule has 38 heavy (non-hydrogen) atoms. The van der Waals surface area contributed by atoms with Crippen molar-refractivity contribution in [1.29, 1.82) is 0 Å². The van der Waals surface area contributed by atoms with Crippen LogP contribution in [0.2, 0.25) is 0 Å². The first-order valence-electron chi connectivity index (χ1n) is 13.0. The van der Waals surface area contributed by atoms with Crippen LogP contribution in [0.5, 0.6) is 0 Å². The zero-order valence-corrected chi connectivity index (χ0v) is 22.7. The summed E-state index contributed by atoms with van der Waals surface area (Å²) in [5.41, 5.74) is 5.70. The van der Waals surface area contributed by atoms with E-state index in [0.717, 1.165) is 83.1 Å². The molecule has 2 aromatic carbocycles. The number of ketones is 1. The summed E-state index contributed by atoms with van der Waals surface area (Å²) in [4.78, 5) is 30.0. The molecule has 4 aromatic rings. The van der Waals surface area contributed by atoms with E-state index in [1.54, 1.807) is 6.92 Å². The van der Waals surface area contributed by atoms with Crippen LogP contribution >= 0.6 is 11.3 Å². The first-order valence-corrected chi connectivity index (χ1v) is 13.9. The Hall–Kier alpha value is -3.59. The van der Waals surface area contributed by atoms with Crippen molar-refractivity contribution < 1.29 is 9.59 Å². The lowest BCUT2D eigenvalue weighted by Crippen LogP contribution is -2.46. The number of hydrogen-bond donors (Lipinski definition) is 2. The van der Waals surface area contributed by atoms with Crippen molar-refractivity contribution >= 4 is 51.8 Å². The van der Waals surface area contributed by atoms with Crippen molar-refractivity contribution in [3.63, 3.8) is 0 Å². The van der Waals surface area contributed by atoms with Crippen LogP contribution in [0.1, 0.15) is 45.4 Å². The van der Waals surface area contributed by atoms with Crippen molar-refractivity contribution in [2.75, 3.05) is 38.0 Å². The number of nitrogens with one attached hydrogen (secondary N) is 2. The molecule has 2 N–H and O–H groups in total. The second kappa shape index (κ2) is 11.9. The number of amides is 1. The number of hydrogen-bond acceptors (Lipinski definition) is 6. The molecule has 1 saturated heterocycles. The molecule has 1 fully saturated rings. The lowest BCUT2D eigenvalue weighted by Gasteiger charge is -2.34. The second-order valence-corrected chi connectivity index (χ2v) is 10.8. The van der Waals surface area contributed by atoms with E-state index in [-0.39, 0.29) is 11.7 Å². The highest BCUT2D eigenvalue weighted by molar-refractivity contribution is 7.12. The van der Waals surface area contributed by atoms with Gasteiger partial charge in [-0.1, -0.05) is 36.4 Å². The summed E-state index contributed by atoms with van der Waals surface area (Å²) in [6, 6.07) is 16.3. The van der Waals surface area contributed by atoms with E-state index in [4.69, 9.17) is 0 Å². The van der Waals surface area contributed by atoms with Crippen molar-refractivity contribution in [3.8, 4) is 0 Å². The minimum atomic E-state index is -0.0893. The van der Waals surface area contributed by atoms with E-state index < -0.39 is 0 Å². The molecule has 0 radical (unpaired) electrons. The highest BCUT2D eigenvalue weighted by Crippen LogP contribution is 2.25. The van der Waals surface area contributed by atoms with E-state index in [1.165, 1.54) is 11.3 Å². The van der Waals surface area contributed by atoms with Crippen molar-refractivity contribution in [2.24, 2.45) is 0 Å². The molecule has 0 atom stereocenters. The maximum absolute atomic E-state index is 13.1. The largest absolute Gasteiger partial charge is 0.321 e. The summed E-state index contributed by atoms with van der Waals surface area (Å²) >= 11 is 1.46. The van der Waals surface area contributed by atoms with Crippen LogP contribution in [0.25, 0.3) is 23.1 Å². The summed E-state index contributed by atoms with van der Waals surface area (Å²) in [5.74, 6) is 0.156. The lowest BCUT2D eigenvalue weighted by molar-refractivity contribution is -0.117. The molecule has 8 heteroatoms. The number of fused-ring (bicyclic) bond motifs is 1. The van der Waals surface area contributed by atoms with Gasteiger partial charge < -0.3 is 10.2 Å². The molecule has 0 bridgehead atoms. The minimum Gasteiger partial charge on any atom is -0.321 e. The van der Waals surface area contributed by atoms with Gasteiger partial charge in [0, 0.05) is 56.8 Å². The Balaban J connectivity index is 1.34. The van der Waals surface area contributed by atoms with Crippen molar-refractivity contribution in [2.45, 2.75) is 26.8 Å². The molecule has 2 aromatic heterocycles. The normalized spacial score (nSPS) is 14.9. The zero-order chi connectivity index (χ0) is 26.5. The van der Waals surface area contributed by atoms with E-state index >= 15 is 0 Å². The van der Waals surface area contributed by atoms with Gasteiger partial charge >= 0.3 is 0 Å². The first-order chi connectivity index (χ1) is 18.5. The molecule has 0 saturated carbocycles. The lowest BCUT2D eigenvalue weighted by atomic mass is 10.1. The Morgan fingerprint density at radius 1 is 1.05 bits per heavy atom. The molecule has 0 aliphatic carbocycles. The number of aromatic nitrogens is 2. The Bertz CT molecular complexity index is 1460. The smallest absolute Gasteiger partial charge is 0.266 e. The summed E-state index contributed by atoms with van der Waals surface area (Å²) in [6.07, 6.45) is 4.62. The minimum absolute atomic E-state index is 0.0893. The van der Waals surface area contributed by atoms with Gasteiger partial charge in [-0.25, -0.2) is 0 Å². The standard InChI is InChI=1S/C30H33N5O2S/c1-21-12-18-38-29(21)30(37)31-28-19-23(20-35-16-14-34(15-17-35)13-11-22(2)36)7-8-24(28)9-10-27-25-5-3-4-6-26(25)32-33-27/h3-10,12,18-19H,11,13-17,20H2,1-2H3,(H,31,37)(H,32,33). The van der Waals surface area contributed by atoms with Gasteiger partial charge in [-0.3, -0.25) is 19.6 Å². The van der Waals surface area contributed by atoms with E-state index in [2.05, 4.69) is 43.5 Å². The van der Waals surface area contributed by atoms with Crippen LogP contribution < -0.4 is 5.32 Å². The fourth-order valence-electron chi connectivity index (χ4n) is 4.76. The Morgan fingerprint density at radius 3 is 2.61 bits per heavy atom. The quantitative estimate of drug-likeness (QED) is 0.302. The number of aromatic amines is 1. The van der Waals surface area contributed by atoms with Crippen molar-refractivity contribution in [3.05, 3.63) is 81.2 Å². The monoisotopic (exact) mass is 527 g/mol. The number of benzene rings is 2. The van der Waals surface area contributed by atoms with Crippen LogP contribution in [0, 0.1) is 6.92 Å². The highest BCUT2D eigenvalue weighted by atomic mass is 32.1. The zero-order valence-electron chi connectivity index (χ0n) is 21.9. The third kappa shape index (κ3) is 6.27. The molecule has 196 valence electrons. The number of nitrogens with zero attached hydrogens (tertiary/aromatic N) is 3. The predicted molar refractivity (Wildman–Crippen MR) is 155 cm³/mol. The summed E-state index contributed by atoms with van der Waals surface area (Å²) in [6.45, 7) is 9.12. The predicted octanol–water partition coefficient (Wildman–Crippen LogP) is 5.45. The molecule has 0 spiro atoms. The van der Waals surface area contributed by atoms with Gasteiger partial charge in [0.1, 0.15) is 5.78 Å². The fraction of sp³-hybridized carbons (Fsp3) is 0.300. The topological polar surface area (TPSA) is 81.3 Å². The van der Waals surface area contributed by atoms with Gasteiger partial charge in [0.05, 0.1) is 16.1 Å². The second-order valence-electron chi connectivity index (χ2n) is 9.87. The number of anilines is 1. The summed E-state index contributed by atoms with van der Waals surface area (Å²) in [7, 11) is 0. The van der Waals surface area contributed by atoms with Crippen LogP contribution in [0.4, 0.5) is 5.69 Å². The molecule has 1 aliphatic heterocycles. The van der Waals surface area contributed by atoms with E-state index in [9.17, 15) is 9.59 Å². The van der Waals surface area contributed by atoms with Crippen LogP contribution in [-0.4, -0.2) is 64.4 Å². The van der Waals surface area contributed by atoms with Crippen LogP contribution in [0.15, 0.2) is 53.9 Å². The number of piperazine rings is 1. The Kier molecular flexibility index (Phi) is 8.12. The van der Waals surface area contributed by atoms with Crippen LogP contribution in [0.3, 0.4) is 0 Å². The highest BCUT2D eigenvalue weighted by Gasteiger charge is 2.18. The third-order valence-corrected chi connectivity index (χ3v) is 8.02. The molecular formula is C30H33N5O2S. The molecular weight excluding hydrogens is 494 g/mol. The third-order valence-electron chi connectivity index (χ3n) is 7.01. The maximum atomic E-state index is 13.1. The van der Waals surface area contributed by atoms with Gasteiger partial charge in [0.15, 0.2) is 0 Å². The Labute approximate surface area is 227 Å². The van der Waals surface area contributed by atoms with Gasteiger partial charge in [-0.15, -0.1) is 11.3 Å². The summed E-state index contributed by atoms with van der Waals surface area (Å²) < 4.78 is 0. The van der Waals surface area contributed by atoms with Crippen molar-refractivity contribution in [1.82, 2.24) is 20.0 Å². The number of para-hydroxylation sites is 1. The fourth-order valence-corrected chi connectivity index (χ4v) is 5.59. The SMILES string of the molecule is CC(=O)CCN1CCN(Cc2ccc(C=Cc3n[nH]c4ccccc34)c(NC(=O)c3sccc3C)c2)CC1. The van der Waals surface area contributed by atoms with Gasteiger partial charge in [-0.2, -0.15) is 5.10 Å². The number of H-pyrrole nitrogens is 1. The number of carbonyl (C=O) groups excluding carboxylic acids is 2. The molecule has 1 aliphatic rings. The molecule has 5 rings (SSSR count). The van der Waals surface area contributed by atoms with Gasteiger partial charge in [-0.05, 0) is 60.2 Å². The molecule has 3 heterocycles. The number of rotatable bonds is 9. The van der Waals surface area contributed by atoms with E-state index in [0.29, 0.717) is 6.42 Å².